The summed E-state index contributed by atoms with van der Waals surface area (Å²) in [7, 11) is 0. The van der Waals surface area contributed by atoms with Crippen LogP contribution in [0.5, 0.6) is 0 Å². The first-order valence-electron chi connectivity index (χ1n) is 16.5. The molecule has 2 N–H and O–H groups in total. The minimum Gasteiger partial charge on any atom is -0.459 e. The minimum absolute atomic E-state index is 0.0392. The van der Waals surface area contributed by atoms with Gasteiger partial charge in [0.25, 0.3) is 0 Å². The average Bonchev–Trinajstić information content (AvgIpc) is 3.68. The molecule has 12 unspecified atom stereocenters. The molecule has 9 nitrogen and oxygen atoms in total. The lowest BCUT2D eigenvalue weighted by atomic mass is 9.41. The van der Waals surface area contributed by atoms with Crippen molar-refractivity contribution in [2.24, 2.45) is 34.5 Å². The number of carbonyl (C=O) groups excluding carboxylic acids is 3. The molecule has 0 radical (unpaired) electrons. The highest BCUT2D eigenvalue weighted by Gasteiger charge is 2.82. The normalized spacial score (nSPS) is 43.6. The summed E-state index contributed by atoms with van der Waals surface area (Å²) in [5, 5.41) is 25.5. The Labute approximate surface area is 267 Å². The van der Waals surface area contributed by atoms with Crippen LogP contribution in [0.1, 0.15) is 66.7 Å². The van der Waals surface area contributed by atoms with Crippen LogP contribution in [0.15, 0.2) is 72.3 Å². The van der Waals surface area contributed by atoms with Gasteiger partial charge < -0.3 is 29.2 Å². The Hall–Kier alpha value is -3.53. The Morgan fingerprint density at radius 3 is 2.17 bits per heavy atom. The van der Waals surface area contributed by atoms with E-state index >= 15 is 0 Å². The summed E-state index contributed by atoms with van der Waals surface area (Å²) in [6, 6.07) is 17.7. The number of benzene rings is 2. The zero-order valence-electron chi connectivity index (χ0n) is 26.0. The standard InChI is InChI=1S/C37H40O9/c1-35-14-13-24(44-33(40)20-9-5-3-6-10-20)16-23(35)17-26-29-30(35)31(46-34(41)21-11-7-4-8-12-21)32(39)36(2)25(22-15-28(38)43-19-22)18-27(45-26)37(29,36)42/h3-12,15,23-27,29-32,39,42H,13-14,16-19H2,1-2H3. The Balaban J connectivity index is 1.17. The maximum absolute atomic E-state index is 13.7. The van der Waals surface area contributed by atoms with Crippen molar-refractivity contribution < 1.29 is 43.5 Å². The van der Waals surface area contributed by atoms with Gasteiger partial charge in [-0.15, -0.1) is 0 Å². The van der Waals surface area contributed by atoms with E-state index in [1.807, 2.05) is 31.2 Å². The van der Waals surface area contributed by atoms with Crippen molar-refractivity contribution in [3.05, 3.63) is 83.4 Å². The van der Waals surface area contributed by atoms with Crippen LogP contribution in [-0.4, -0.2) is 70.8 Å². The van der Waals surface area contributed by atoms with Gasteiger partial charge in [0.2, 0.25) is 0 Å². The fourth-order valence-corrected chi connectivity index (χ4v) is 10.7. The molecule has 12 atom stereocenters. The van der Waals surface area contributed by atoms with Crippen molar-refractivity contribution in [1.29, 1.82) is 0 Å². The molecule has 5 fully saturated rings. The van der Waals surface area contributed by atoms with E-state index in [1.165, 1.54) is 6.08 Å². The fraction of sp³-hybridized carbons (Fsp3) is 0.541. The molecule has 2 aliphatic heterocycles. The Bertz CT molecular complexity index is 1590. The number of hydrogen-bond donors (Lipinski definition) is 2. The summed E-state index contributed by atoms with van der Waals surface area (Å²) in [4.78, 5) is 38.8. The highest BCUT2D eigenvalue weighted by molar-refractivity contribution is 5.90. The number of fused-ring (bicyclic) bond motifs is 2. The molecule has 6 aliphatic rings. The lowest BCUT2D eigenvalue weighted by Gasteiger charge is -2.65. The minimum atomic E-state index is -1.42. The molecule has 9 heteroatoms. The molecule has 8 rings (SSSR count). The van der Waals surface area contributed by atoms with Crippen LogP contribution in [0.2, 0.25) is 0 Å². The molecule has 1 saturated heterocycles. The highest BCUT2D eigenvalue weighted by Crippen LogP contribution is 2.73. The monoisotopic (exact) mass is 628 g/mol. The van der Waals surface area contributed by atoms with Crippen molar-refractivity contribution >= 4 is 17.9 Å². The van der Waals surface area contributed by atoms with Gasteiger partial charge >= 0.3 is 17.9 Å². The summed E-state index contributed by atoms with van der Waals surface area (Å²) in [6.45, 7) is 4.15. The predicted molar refractivity (Wildman–Crippen MR) is 163 cm³/mol. The molecular formula is C37H40O9. The van der Waals surface area contributed by atoms with Gasteiger partial charge in [-0.3, -0.25) is 0 Å². The molecule has 2 heterocycles. The van der Waals surface area contributed by atoms with E-state index < -0.39 is 64.4 Å². The lowest BCUT2D eigenvalue weighted by Crippen LogP contribution is -2.74. The van der Waals surface area contributed by atoms with Crippen LogP contribution in [0.3, 0.4) is 0 Å². The molecule has 0 spiro atoms. The number of carbonyl (C=O) groups is 3. The maximum Gasteiger partial charge on any atom is 0.338 e. The third-order valence-corrected chi connectivity index (χ3v) is 12.9. The molecule has 2 aromatic carbocycles. The first-order chi connectivity index (χ1) is 22.1. The number of hydrogen-bond acceptors (Lipinski definition) is 9. The van der Waals surface area contributed by atoms with Gasteiger partial charge in [0.1, 0.15) is 30.5 Å². The average molecular weight is 629 g/mol. The van der Waals surface area contributed by atoms with Crippen LogP contribution in [0.25, 0.3) is 0 Å². The number of aliphatic hydroxyl groups is 2. The molecule has 2 aromatic rings. The van der Waals surface area contributed by atoms with E-state index in [0.29, 0.717) is 43.2 Å². The molecule has 242 valence electrons. The molecule has 4 aliphatic carbocycles. The van der Waals surface area contributed by atoms with E-state index in [4.69, 9.17) is 18.9 Å². The lowest BCUT2D eigenvalue weighted by molar-refractivity contribution is -0.276. The molecule has 0 amide bonds. The fourth-order valence-electron chi connectivity index (χ4n) is 10.7. The summed E-state index contributed by atoms with van der Waals surface area (Å²) >= 11 is 0. The molecule has 0 bridgehead atoms. The van der Waals surface area contributed by atoms with E-state index in [-0.39, 0.29) is 30.7 Å². The highest BCUT2D eigenvalue weighted by atomic mass is 16.6. The van der Waals surface area contributed by atoms with Gasteiger partial charge in [-0.1, -0.05) is 50.2 Å². The van der Waals surface area contributed by atoms with Gasteiger partial charge in [0.05, 0.1) is 23.3 Å². The number of esters is 3. The zero-order valence-corrected chi connectivity index (χ0v) is 26.0. The first-order valence-corrected chi connectivity index (χ1v) is 16.5. The number of ether oxygens (including phenoxy) is 4. The van der Waals surface area contributed by atoms with Crippen LogP contribution >= 0.6 is 0 Å². The SMILES string of the molecule is CC12CCC(OC(=O)c3ccccc3)CC1CC1OC3CC(C4=CC(=O)OC4)C4(C)C(O)C(OC(=O)c5ccccc5)C2C1C34O. The van der Waals surface area contributed by atoms with E-state index in [9.17, 15) is 24.6 Å². The second-order valence-corrected chi connectivity index (χ2v) is 14.7. The largest absolute Gasteiger partial charge is 0.459 e. The second-order valence-electron chi connectivity index (χ2n) is 14.7. The van der Waals surface area contributed by atoms with Gasteiger partial charge in [0, 0.05) is 23.3 Å². The third-order valence-electron chi connectivity index (χ3n) is 12.9. The van der Waals surface area contributed by atoms with E-state index in [2.05, 4.69) is 6.92 Å². The predicted octanol–water partition coefficient (Wildman–Crippen LogP) is 4.26. The van der Waals surface area contributed by atoms with Gasteiger partial charge in [-0.25, -0.2) is 14.4 Å². The zero-order chi connectivity index (χ0) is 32.0. The first kappa shape index (κ1) is 29.8. The molecular weight excluding hydrogens is 588 g/mol. The maximum atomic E-state index is 13.7. The number of cyclic esters (lactones) is 1. The summed E-state index contributed by atoms with van der Waals surface area (Å²) in [5.74, 6) is -2.50. The van der Waals surface area contributed by atoms with Gasteiger partial charge in [0.15, 0.2) is 0 Å². The van der Waals surface area contributed by atoms with Crippen LogP contribution in [0, 0.1) is 34.5 Å². The number of aliphatic hydroxyl groups excluding tert-OH is 1. The molecule has 46 heavy (non-hydrogen) atoms. The van der Waals surface area contributed by atoms with Crippen molar-refractivity contribution in [1.82, 2.24) is 0 Å². The Kier molecular flexibility index (Phi) is 6.81. The second kappa shape index (κ2) is 10.5. The van der Waals surface area contributed by atoms with Crippen molar-refractivity contribution in [2.45, 2.75) is 82.1 Å². The smallest absolute Gasteiger partial charge is 0.338 e. The summed E-state index contributed by atoms with van der Waals surface area (Å²) in [5.41, 5.74) is -1.41. The van der Waals surface area contributed by atoms with Crippen LogP contribution in [-0.2, 0) is 23.7 Å². The Morgan fingerprint density at radius 2 is 1.54 bits per heavy atom. The topological polar surface area (TPSA) is 129 Å². The quantitative estimate of drug-likeness (QED) is 0.369. The summed E-state index contributed by atoms with van der Waals surface area (Å²) < 4.78 is 24.4. The van der Waals surface area contributed by atoms with Crippen LogP contribution in [0.4, 0.5) is 0 Å². The van der Waals surface area contributed by atoms with Gasteiger partial charge in [-0.2, -0.15) is 0 Å². The summed E-state index contributed by atoms with van der Waals surface area (Å²) in [6.07, 6.45) is 1.08. The van der Waals surface area contributed by atoms with Gasteiger partial charge in [-0.05, 0) is 79.2 Å². The third kappa shape index (κ3) is 4.07. The van der Waals surface area contributed by atoms with E-state index in [1.54, 1.807) is 36.4 Å². The Morgan fingerprint density at radius 1 is 0.891 bits per heavy atom. The van der Waals surface area contributed by atoms with E-state index in [0.717, 1.165) is 5.57 Å². The van der Waals surface area contributed by atoms with Crippen molar-refractivity contribution in [3.63, 3.8) is 0 Å². The number of rotatable bonds is 5. The molecule has 4 saturated carbocycles. The van der Waals surface area contributed by atoms with Crippen LogP contribution < -0.4 is 0 Å². The van der Waals surface area contributed by atoms with Crippen molar-refractivity contribution in [2.75, 3.05) is 6.61 Å². The van der Waals surface area contributed by atoms with Crippen molar-refractivity contribution in [3.8, 4) is 0 Å². The molecule has 0 aromatic heterocycles.